The summed E-state index contributed by atoms with van der Waals surface area (Å²) in [6, 6.07) is 6.46. The van der Waals surface area contributed by atoms with E-state index in [0.29, 0.717) is 11.8 Å². The molecule has 0 spiro atoms. The lowest BCUT2D eigenvalue weighted by atomic mass is 9.88. The second-order valence-electron chi connectivity index (χ2n) is 6.83. The van der Waals surface area contributed by atoms with Gasteiger partial charge in [0.25, 0.3) is 5.89 Å². The van der Waals surface area contributed by atoms with Crippen LogP contribution in [0.1, 0.15) is 48.6 Å². The van der Waals surface area contributed by atoms with E-state index in [2.05, 4.69) is 28.7 Å². The summed E-state index contributed by atoms with van der Waals surface area (Å²) in [4.78, 5) is 4.71. The quantitative estimate of drug-likeness (QED) is 0.918. The average molecular weight is 281 g/mol. The fourth-order valence-electron chi connectivity index (χ4n) is 4.49. The minimum absolute atomic E-state index is 0.539. The Morgan fingerprint density at radius 1 is 1.10 bits per heavy atom. The van der Waals surface area contributed by atoms with Gasteiger partial charge in [0.15, 0.2) is 5.82 Å². The summed E-state index contributed by atoms with van der Waals surface area (Å²) in [6.07, 6.45) is 5.39. The third-order valence-corrected chi connectivity index (χ3v) is 5.60. The summed E-state index contributed by atoms with van der Waals surface area (Å²) >= 11 is 0. The van der Waals surface area contributed by atoms with Gasteiger partial charge in [0.05, 0.1) is 0 Å². The van der Waals surface area contributed by atoms with Crippen LogP contribution in [0.5, 0.6) is 0 Å². The number of aromatic nitrogens is 2. The molecule has 3 unspecified atom stereocenters. The maximum absolute atomic E-state index is 5.55. The topological polar surface area (TPSA) is 51.0 Å². The molecule has 3 aliphatic rings. The highest BCUT2D eigenvalue weighted by Gasteiger charge is 2.42. The molecule has 2 fully saturated rings. The van der Waals surface area contributed by atoms with Gasteiger partial charge >= 0.3 is 0 Å². The standard InChI is InChI=1S/C17H19N3O/c1-2-11-5-10(1)6-15(11)16-19-17(21-20-16)12-3-4-13-8-18-9-14(13)7-12/h3-4,7,10-11,15,18H,1-2,5-6,8-9H2. The van der Waals surface area contributed by atoms with E-state index in [1.54, 1.807) is 0 Å². The monoisotopic (exact) mass is 281 g/mol. The van der Waals surface area contributed by atoms with Gasteiger partial charge in [-0.15, -0.1) is 0 Å². The van der Waals surface area contributed by atoms with E-state index in [9.17, 15) is 0 Å². The lowest BCUT2D eigenvalue weighted by Gasteiger charge is -2.17. The first-order chi connectivity index (χ1) is 10.4. The Morgan fingerprint density at radius 3 is 2.90 bits per heavy atom. The number of rotatable bonds is 2. The highest BCUT2D eigenvalue weighted by atomic mass is 16.5. The van der Waals surface area contributed by atoms with E-state index >= 15 is 0 Å². The van der Waals surface area contributed by atoms with Crippen LogP contribution in [0.2, 0.25) is 0 Å². The molecule has 5 rings (SSSR count). The van der Waals surface area contributed by atoms with Crippen molar-refractivity contribution in [1.82, 2.24) is 15.5 Å². The van der Waals surface area contributed by atoms with Crippen molar-refractivity contribution < 1.29 is 4.52 Å². The molecule has 2 heterocycles. The number of nitrogens with zero attached hydrogens (tertiary/aromatic N) is 2. The van der Waals surface area contributed by atoms with Gasteiger partial charge in [0.1, 0.15) is 0 Å². The Morgan fingerprint density at radius 2 is 2.05 bits per heavy atom. The van der Waals surface area contributed by atoms with Crippen LogP contribution in [0.4, 0.5) is 0 Å². The summed E-state index contributed by atoms with van der Waals surface area (Å²) < 4.78 is 5.55. The molecule has 21 heavy (non-hydrogen) atoms. The molecule has 2 aliphatic carbocycles. The molecule has 0 radical (unpaired) electrons. The highest BCUT2D eigenvalue weighted by Crippen LogP contribution is 2.52. The van der Waals surface area contributed by atoms with Crippen LogP contribution in [0.3, 0.4) is 0 Å². The molecule has 1 aliphatic heterocycles. The zero-order valence-corrected chi connectivity index (χ0v) is 12.0. The largest absolute Gasteiger partial charge is 0.334 e. The molecule has 1 aromatic carbocycles. The number of benzene rings is 1. The first-order valence-corrected chi connectivity index (χ1v) is 8.03. The molecule has 108 valence electrons. The summed E-state index contributed by atoms with van der Waals surface area (Å²) in [6.45, 7) is 1.91. The smallest absolute Gasteiger partial charge is 0.257 e. The second kappa shape index (κ2) is 4.41. The molecule has 2 bridgehead atoms. The molecule has 4 heteroatoms. The molecule has 4 nitrogen and oxygen atoms in total. The van der Waals surface area contributed by atoms with Gasteiger partial charge in [0.2, 0.25) is 0 Å². The Hall–Kier alpha value is -1.68. The number of hydrogen-bond donors (Lipinski definition) is 1. The Balaban J connectivity index is 1.45. The van der Waals surface area contributed by atoms with Gasteiger partial charge in [-0.05, 0) is 54.4 Å². The summed E-state index contributed by atoms with van der Waals surface area (Å²) in [5, 5.41) is 7.65. The van der Waals surface area contributed by atoms with Crippen molar-refractivity contribution in [2.24, 2.45) is 11.8 Å². The van der Waals surface area contributed by atoms with Crippen LogP contribution in [-0.2, 0) is 13.1 Å². The molecule has 2 aromatic rings. The molecule has 3 atom stereocenters. The van der Waals surface area contributed by atoms with Gasteiger partial charge in [0, 0.05) is 24.6 Å². The molecule has 2 saturated carbocycles. The fourth-order valence-corrected chi connectivity index (χ4v) is 4.49. The van der Waals surface area contributed by atoms with Crippen LogP contribution < -0.4 is 5.32 Å². The number of fused-ring (bicyclic) bond motifs is 3. The van der Waals surface area contributed by atoms with Crippen LogP contribution in [0.25, 0.3) is 11.5 Å². The van der Waals surface area contributed by atoms with Crippen molar-refractivity contribution in [3.05, 3.63) is 35.2 Å². The van der Waals surface area contributed by atoms with Gasteiger partial charge in [-0.2, -0.15) is 4.98 Å². The lowest BCUT2D eigenvalue weighted by molar-refractivity contribution is 0.372. The number of hydrogen-bond acceptors (Lipinski definition) is 4. The number of nitrogens with one attached hydrogen (secondary N) is 1. The zero-order valence-electron chi connectivity index (χ0n) is 12.0. The summed E-state index contributed by atoms with van der Waals surface area (Å²) in [5.41, 5.74) is 3.79. The lowest BCUT2D eigenvalue weighted by Crippen LogP contribution is -2.09. The van der Waals surface area contributed by atoms with E-state index in [1.165, 1.54) is 36.8 Å². The molecule has 1 aromatic heterocycles. The predicted molar refractivity (Wildman–Crippen MR) is 78.5 cm³/mol. The van der Waals surface area contributed by atoms with Crippen molar-refractivity contribution in [2.45, 2.75) is 44.7 Å². The minimum atomic E-state index is 0.539. The second-order valence-corrected chi connectivity index (χ2v) is 6.83. The van der Waals surface area contributed by atoms with E-state index in [4.69, 9.17) is 9.51 Å². The van der Waals surface area contributed by atoms with Gasteiger partial charge in [-0.1, -0.05) is 17.6 Å². The Kier molecular flexibility index (Phi) is 2.50. The van der Waals surface area contributed by atoms with Crippen molar-refractivity contribution in [3.63, 3.8) is 0 Å². The molecule has 1 N–H and O–H groups in total. The average Bonchev–Trinajstić information content (AvgIpc) is 3.27. The van der Waals surface area contributed by atoms with Crippen molar-refractivity contribution >= 4 is 0 Å². The molecule has 0 saturated heterocycles. The van der Waals surface area contributed by atoms with Crippen molar-refractivity contribution in [1.29, 1.82) is 0 Å². The van der Waals surface area contributed by atoms with Crippen LogP contribution in [0.15, 0.2) is 22.7 Å². The minimum Gasteiger partial charge on any atom is -0.334 e. The maximum Gasteiger partial charge on any atom is 0.257 e. The van der Waals surface area contributed by atoms with E-state index in [1.807, 2.05) is 0 Å². The first kappa shape index (κ1) is 11.9. The third kappa shape index (κ3) is 1.85. The summed E-state index contributed by atoms with van der Waals surface area (Å²) in [5.74, 6) is 3.87. The Bertz CT molecular complexity index is 693. The van der Waals surface area contributed by atoms with Crippen molar-refractivity contribution in [2.75, 3.05) is 0 Å². The maximum atomic E-state index is 5.55. The predicted octanol–water partition coefficient (Wildman–Crippen LogP) is 3.24. The SMILES string of the molecule is c1cc2c(cc1-c1nc(C3CC4CCC3C4)no1)CNC2. The van der Waals surface area contributed by atoms with E-state index in [-0.39, 0.29) is 0 Å². The van der Waals surface area contributed by atoms with Crippen molar-refractivity contribution in [3.8, 4) is 11.5 Å². The summed E-state index contributed by atoms with van der Waals surface area (Å²) in [7, 11) is 0. The first-order valence-electron chi connectivity index (χ1n) is 8.03. The normalized spacial score (nSPS) is 30.0. The van der Waals surface area contributed by atoms with E-state index in [0.717, 1.165) is 36.3 Å². The van der Waals surface area contributed by atoms with Gasteiger partial charge in [-0.3, -0.25) is 0 Å². The molecule has 0 amide bonds. The van der Waals surface area contributed by atoms with Crippen LogP contribution in [-0.4, -0.2) is 10.1 Å². The molecular weight excluding hydrogens is 262 g/mol. The van der Waals surface area contributed by atoms with Crippen LogP contribution >= 0.6 is 0 Å². The van der Waals surface area contributed by atoms with Gasteiger partial charge in [-0.25, -0.2) is 0 Å². The fraction of sp³-hybridized carbons (Fsp3) is 0.529. The van der Waals surface area contributed by atoms with Crippen LogP contribution in [0, 0.1) is 11.8 Å². The highest BCUT2D eigenvalue weighted by molar-refractivity contribution is 5.56. The Labute approximate surface area is 123 Å². The third-order valence-electron chi connectivity index (χ3n) is 5.60. The zero-order chi connectivity index (χ0) is 13.8. The van der Waals surface area contributed by atoms with Gasteiger partial charge < -0.3 is 9.84 Å². The molecular formula is C17H19N3O. The van der Waals surface area contributed by atoms with E-state index < -0.39 is 0 Å².